The number of aliphatic hydroxyl groups excluding tert-OH is 1. The molecule has 1 aromatic carbocycles. The summed E-state index contributed by atoms with van der Waals surface area (Å²) in [6.45, 7) is 3.93. The van der Waals surface area contributed by atoms with Crippen LogP contribution in [0.4, 0.5) is 4.39 Å². The zero-order valence-corrected chi connectivity index (χ0v) is 13.7. The fraction of sp³-hybridized carbons (Fsp3) is 0.389. The van der Waals surface area contributed by atoms with Crippen molar-refractivity contribution in [1.82, 2.24) is 15.1 Å². The zero-order chi connectivity index (χ0) is 17.3. The van der Waals surface area contributed by atoms with Crippen molar-refractivity contribution in [2.24, 2.45) is 0 Å². The van der Waals surface area contributed by atoms with Gasteiger partial charge in [0.1, 0.15) is 5.82 Å². The molecule has 1 aromatic heterocycles. The molecule has 1 amide bonds. The van der Waals surface area contributed by atoms with Crippen molar-refractivity contribution in [2.75, 3.05) is 6.54 Å². The minimum absolute atomic E-state index is 0.198. The van der Waals surface area contributed by atoms with Crippen molar-refractivity contribution < 1.29 is 14.3 Å². The van der Waals surface area contributed by atoms with Crippen molar-refractivity contribution in [3.8, 4) is 0 Å². The van der Waals surface area contributed by atoms with Crippen LogP contribution >= 0.6 is 0 Å². The van der Waals surface area contributed by atoms with E-state index in [2.05, 4.69) is 10.2 Å². The second-order valence-electron chi connectivity index (χ2n) is 6.12. The molecule has 126 valence electrons. The van der Waals surface area contributed by atoms with Crippen molar-refractivity contribution in [1.29, 1.82) is 0 Å². The molecule has 0 unspecified atom stereocenters. The third kappa shape index (κ3) is 3.14. The van der Waals surface area contributed by atoms with Crippen LogP contribution in [0.5, 0.6) is 0 Å². The Hall–Kier alpha value is -2.34. The fourth-order valence-electron chi connectivity index (χ4n) is 3.18. The number of amides is 1. The predicted molar refractivity (Wildman–Crippen MR) is 86.9 cm³/mol. The summed E-state index contributed by atoms with van der Waals surface area (Å²) in [5.74, 6) is -0.549. The molecule has 0 aliphatic carbocycles. The van der Waals surface area contributed by atoms with E-state index in [-0.39, 0.29) is 24.3 Å². The van der Waals surface area contributed by atoms with Gasteiger partial charge in [0.2, 0.25) is 0 Å². The molecule has 0 saturated carbocycles. The van der Waals surface area contributed by atoms with Gasteiger partial charge < -0.3 is 10.0 Å². The van der Waals surface area contributed by atoms with E-state index < -0.39 is 6.10 Å². The van der Waals surface area contributed by atoms with Crippen LogP contribution in [0, 0.1) is 12.7 Å². The Morgan fingerprint density at radius 3 is 2.88 bits per heavy atom. The van der Waals surface area contributed by atoms with Gasteiger partial charge in [0.15, 0.2) is 0 Å². The number of carbonyl (C=O) groups is 1. The Morgan fingerprint density at radius 1 is 1.38 bits per heavy atom. The molecule has 1 fully saturated rings. The topological polar surface area (TPSA) is 66.3 Å². The van der Waals surface area contributed by atoms with Gasteiger partial charge in [-0.3, -0.25) is 4.79 Å². The SMILES string of the molecule is CCc1nnc(C)cc1C(=O)N1C[C@@H](O)C[C@H]1c1cccc(F)c1. The maximum atomic E-state index is 13.6. The van der Waals surface area contributed by atoms with Gasteiger partial charge in [0.05, 0.1) is 29.1 Å². The van der Waals surface area contributed by atoms with Crippen LogP contribution in [0.15, 0.2) is 30.3 Å². The highest BCUT2D eigenvalue weighted by atomic mass is 19.1. The summed E-state index contributed by atoms with van der Waals surface area (Å²) in [5.41, 5.74) is 2.49. The number of aromatic nitrogens is 2. The quantitative estimate of drug-likeness (QED) is 0.939. The Morgan fingerprint density at radius 2 is 2.17 bits per heavy atom. The first-order chi connectivity index (χ1) is 11.5. The minimum atomic E-state index is -0.622. The highest BCUT2D eigenvalue weighted by Crippen LogP contribution is 2.34. The van der Waals surface area contributed by atoms with E-state index in [1.165, 1.54) is 12.1 Å². The van der Waals surface area contributed by atoms with Gasteiger partial charge in [0.25, 0.3) is 5.91 Å². The molecule has 0 spiro atoms. The Kier molecular flexibility index (Phi) is 4.57. The standard InChI is InChI=1S/C18H20FN3O2/c1-3-16-15(7-11(2)20-21-16)18(24)22-10-14(23)9-17(22)12-5-4-6-13(19)8-12/h4-8,14,17,23H,3,9-10H2,1-2H3/t14-,17-/m0/s1. The second-order valence-corrected chi connectivity index (χ2v) is 6.12. The number of benzene rings is 1. The van der Waals surface area contributed by atoms with E-state index in [1.807, 2.05) is 6.92 Å². The minimum Gasteiger partial charge on any atom is -0.391 e. The lowest BCUT2D eigenvalue weighted by Crippen LogP contribution is -2.33. The van der Waals surface area contributed by atoms with Crippen LogP contribution in [-0.4, -0.2) is 38.8 Å². The molecule has 0 bridgehead atoms. The van der Waals surface area contributed by atoms with Crippen molar-refractivity contribution in [3.63, 3.8) is 0 Å². The number of carbonyl (C=O) groups excluding carboxylic acids is 1. The molecule has 1 saturated heterocycles. The number of halogens is 1. The lowest BCUT2D eigenvalue weighted by Gasteiger charge is -2.25. The molecule has 24 heavy (non-hydrogen) atoms. The van der Waals surface area contributed by atoms with Gasteiger partial charge in [-0.25, -0.2) is 4.39 Å². The maximum absolute atomic E-state index is 13.6. The van der Waals surface area contributed by atoms with Crippen LogP contribution in [-0.2, 0) is 6.42 Å². The van der Waals surface area contributed by atoms with Crippen LogP contribution < -0.4 is 0 Å². The van der Waals surface area contributed by atoms with Gasteiger partial charge in [-0.15, -0.1) is 0 Å². The lowest BCUT2D eigenvalue weighted by molar-refractivity contribution is 0.0713. The van der Waals surface area contributed by atoms with Crippen LogP contribution in [0.1, 0.15) is 46.7 Å². The number of aryl methyl sites for hydroxylation is 2. The first kappa shape index (κ1) is 16.5. The summed E-state index contributed by atoms with van der Waals surface area (Å²) in [6, 6.07) is 7.56. The summed E-state index contributed by atoms with van der Waals surface area (Å²) in [7, 11) is 0. The third-order valence-electron chi connectivity index (χ3n) is 4.33. The Balaban J connectivity index is 1.97. The highest BCUT2D eigenvalue weighted by molar-refractivity contribution is 5.95. The van der Waals surface area contributed by atoms with E-state index in [9.17, 15) is 14.3 Å². The van der Waals surface area contributed by atoms with E-state index in [0.29, 0.717) is 35.4 Å². The van der Waals surface area contributed by atoms with E-state index in [0.717, 1.165) is 0 Å². The molecule has 1 aliphatic heterocycles. The highest BCUT2D eigenvalue weighted by Gasteiger charge is 2.36. The summed E-state index contributed by atoms with van der Waals surface area (Å²) in [5, 5.41) is 18.2. The fourth-order valence-corrected chi connectivity index (χ4v) is 3.18. The monoisotopic (exact) mass is 329 g/mol. The number of hydrogen-bond acceptors (Lipinski definition) is 4. The van der Waals surface area contributed by atoms with E-state index in [1.54, 1.807) is 30.0 Å². The number of rotatable bonds is 3. The lowest BCUT2D eigenvalue weighted by atomic mass is 10.0. The summed E-state index contributed by atoms with van der Waals surface area (Å²) < 4.78 is 13.6. The molecular weight excluding hydrogens is 309 g/mol. The molecule has 2 atom stereocenters. The van der Waals surface area contributed by atoms with Crippen LogP contribution in [0.3, 0.4) is 0 Å². The average molecular weight is 329 g/mol. The predicted octanol–water partition coefficient (Wildman–Crippen LogP) is 2.43. The molecule has 1 aliphatic rings. The molecule has 5 nitrogen and oxygen atoms in total. The molecule has 2 aromatic rings. The summed E-state index contributed by atoms with van der Waals surface area (Å²) in [6.07, 6.45) is 0.368. The molecule has 1 N–H and O–H groups in total. The van der Waals surface area contributed by atoms with Crippen LogP contribution in [0.25, 0.3) is 0 Å². The van der Waals surface area contributed by atoms with Crippen molar-refractivity contribution in [3.05, 3.63) is 58.7 Å². The Bertz CT molecular complexity index is 766. The third-order valence-corrected chi connectivity index (χ3v) is 4.33. The number of hydrogen-bond donors (Lipinski definition) is 1. The second kappa shape index (κ2) is 6.65. The molecule has 3 rings (SSSR count). The van der Waals surface area contributed by atoms with Gasteiger partial charge in [-0.2, -0.15) is 10.2 Å². The normalized spacial score (nSPS) is 20.4. The first-order valence-corrected chi connectivity index (χ1v) is 8.07. The van der Waals surface area contributed by atoms with Crippen molar-refractivity contribution >= 4 is 5.91 Å². The molecular formula is C18H20FN3O2. The first-order valence-electron chi connectivity index (χ1n) is 8.07. The average Bonchev–Trinajstić information content (AvgIpc) is 2.96. The van der Waals surface area contributed by atoms with Gasteiger partial charge in [-0.05, 0) is 43.5 Å². The van der Waals surface area contributed by atoms with Gasteiger partial charge in [-0.1, -0.05) is 19.1 Å². The largest absolute Gasteiger partial charge is 0.391 e. The number of likely N-dealkylation sites (tertiary alicyclic amines) is 1. The maximum Gasteiger partial charge on any atom is 0.256 e. The summed E-state index contributed by atoms with van der Waals surface area (Å²) in [4.78, 5) is 14.7. The van der Waals surface area contributed by atoms with Gasteiger partial charge >= 0.3 is 0 Å². The van der Waals surface area contributed by atoms with Crippen LogP contribution in [0.2, 0.25) is 0 Å². The number of nitrogens with zero attached hydrogens (tertiary/aromatic N) is 3. The molecule has 2 heterocycles. The molecule has 6 heteroatoms. The van der Waals surface area contributed by atoms with Crippen molar-refractivity contribution in [2.45, 2.75) is 38.8 Å². The number of aliphatic hydroxyl groups is 1. The smallest absolute Gasteiger partial charge is 0.256 e. The van der Waals surface area contributed by atoms with E-state index >= 15 is 0 Å². The Labute approximate surface area is 140 Å². The van der Waals surface area contributed by atoms with Gasteiger partial charge in [0, 0.05) is 6.54 Å². The zero-order valence-electron chi connectivity index (χ0n) is 13.7. The van der Waals surface area contributed by atoms with E-state index in [4.69, 9.17) is 0 Å². The number of β-amino-alcohol motifs (C(OH)–C–C–N with tert-alkyl or cyclic N) is 1. The summed E-state index contributed by atoms with van der Waals surface area (Å²) >= 11 is 0. The molecule has 0 radical (unpaired) electrons.